The van der Waals surface area contributed by atoms with Gasteiger partial charge in [0.15, 0.2) is 19.0 Å². The quantitative estimate of drug-likeness (QED) is 0.513. The summed E-state index contributed by atoms with van der Waals surface area (Å²) in [5.74, 6) is -0.114. The maximum Gasteiger partial charge on any atom is 0.265 e. The molecular formula is C24H20ClN3O5. The normalized spacial score (nSPS) is 12.5. The molecule has 168 valence electrons. The second kappa shape index (κ2) is 10.1. The van der Waals surface area contributed by atoms with Gasteiger partial charge in [0.05, 0.1) is 5.69 Å². The van der Waals surface area contributed by atoms with Crippen LogP contribution in [-0.4, -0.2) is 42.3 Å². The summed E-state index contributed by atoms with van der Waals surface area (Å²) < 4.78 is 11.0. The molecule has 0 aliphatic carbocycles. The number of pyridine rings is 1. The standard InChI is InChI=1S/C24H20ClN3O5/c25-18-2-1-3-19(11-18)32-14-21(29)17-4-5-22-20(10-17)28(24(31)15-33-22)13-23(30)27-12-16-6-8-26-9-7-16/h1-11H,12-15H2,(H,27,30). The Labute approximate surface area is 195 Å². The number of fused-ring (bicyclic) bond motifs is 1. The van der Waals surface area contributed by atoms with Crippen molar-refractivity contribution in [1.82, 2.24) is 10.3 Å². The van der Waals surface area contributed by atoms with Gasteiger partial charge in [-0.1, -0.05) is 17.7 Å². The maximum atomic E-state index is 12.7. The minimum absolute atomic E-state index is 0.185. The van der Waals surface area contributed by atoms with Crippen LogP contribution in [0.4, 0.5) is 5.69 Å². The summed E-state index contributed by atoms with van der Waals surface area (Å²) in [7, 11) is 0. The lowest BCUT2D eigenvalue weighted by molar-refractivity contribution is -0.125. The van der Waals surface area contributed by atoms with Gasteiger partial charge in [-0.15, -0.1) is 0 Å². The first kappa shape index (κ1) is 22.3. The summed E-state index contributed by atoms with van der Waals surface area (Å²) in [5.41, 5.74) is 1.58. The van der Waals surface area contributed by atoms with Gasteiger partial charge in [0.2, 0.25) is 5.91 Å². The van der Waals surface area contributed by atoms with Crippen molar-refractivity contribution in [2.45, 2.75) is 6.54 Å². The van der Waals surface area contributed by atoms with Crippen LogP contribution in [0.2, 0.25) is 5.02 Å². The Kier molecular flexibility index (Phi) is 6.85. The highest BCUT2D eigenvalue weighted by atomic mass is 35.5. The lowest BCUT2D eigenvalue weighted by atomic mass is 10.1. The molecule has 1 aliphatic rings. The molecule has 0 saturated carbocycles. The molecule has 1 aromatic heterocycles. The Bertz CT molecular complexity index is 1190. The second-order valence-corrected chi connectivity index (χ2v) is 7.69. The zero-order valence-electron chi connectivity index (χ0n) is 17.5. The van der Waals surface area contributed by atoms with Gasteiger partial charge in [-0.2, -0.15) is 0 Å². The number of carbonyl (C=O) groups excluding carboxylic acids is 3. The van der Waals surface area contributed by atoms with Crippen LogP contribution in [-0.2, 0) is 16.1 Å². The molecule has 1 aliphatic heterocycles. The molecule has 2 amide bonds. The van der Waals surface area contributed by atoms with E-state index < -0.39 is 0 Å². The number of aromatic nitrogens is 1. The fourth-order valence-electron chi connectivity index (χ4n) is 3.24. The molecule has 4 rings (SSSR count). The van der Waals surface area contributed by atoms with Crippen molar-refractivity contribution in [2.24, 2.45) is 0 Å². The zero-order valence-corrected chi connectivity index (χ0v) is 18.2. The molecule has 8 nitrogen and oxygen atoms in total. The molecule has 0 atom stereocenters. The van der Waals surface area contributed by atoms with Crippen molar-refractivity contribution < 1.29 is 23.9 Å². The minimum atomic E-state index is -0.374. The summed E-state index contributed by atoms with van der Waals surface area (Å²) in [6.45, 7) is -0.279. The fourth-order valence-corrected chi connectivity index (χ4v) is 3.42. The van der Waals surface area contributed by atoms with E-state index >= 15 is 0 Å². The fraction of sp³-hybridized carbons (Fsp3) is 0.167. The average molecular weight is 466 g/mol. The topological polar surface area (TPSA) is 97.8 Å². The minimum Gasteiger partial charge on any atom is -0.485 e. The number of rotatable bonds is 8. The third-order valence-corrected chi connectivity index (χ3v) is 5.17. The lowest BCUT2D eigenvalue weighted by Crippen LogP contribution is -2.45. The van der Waals surface area contributed by atoms with Crippen molar-refractivity contribution in [3.8, 4) is 11.5 Å². The highest BCUT2D eigenvalue weighted by Gasteiger charge is 2.28. The van der Waals surface area contributed by atoms with Crippen LogP contribution in [0, 0.1) is 0 Å². The Morgan fingerprint density at radius 2 is 1.94 bits per heavy atom. The summed E-state index contributed by atoms with van der Waals surface area (Å²) in [5, 5.41) is 3.28. The van der Waals surface area contributed by atoms with E-state index in [-0.39, 0.29) is 37.4 Å². The van der Waals surface area contributed by atoms with E-state index in [1.807, 2.05) is 0 Å². The number of nitrogens with one attached hydrogen (secondary N) is 1. The predicted octanol–water partition coefficient (Wildman–Crippen LogP) is 3.04. The van der Waals surface area contributed by atoms with Gasteiger partial charge in [-0.25, -0.2) is 0 Å². The monoisotopic (exact) mass is 465 g/mol. The maximum absolute atomic E-state index is 12.7. The number of amides is 2. The molecule has 0 saturated heterocycles. The zero-order chi connectivity index (χ0) is 23.2. The largest absolute Gasteiger partial charge is 0.485 e. The molecular weight excluding hydrogens is 446 g/mol. The SMILES string of the molecule is O=C(CN1C(=O)COc2ccc(C(=O)COc3cccc(Cl)c3)cc21)NCc1ccncc1. The molecule has 0 radical (unpaired) electrons. The first-order valence-corrected chi connectivity index (χ1v) is 10.5. The van der Waals surface area contributed by atoms with Gasteiger partial charge in [0, 0.05) is 29.5 Å². The van der Waals surface area contributed by atoms with Crippen LogP contribution in [0.15, 0.2) is 67.0 Å². The molecule has 3 aromatic rings. The first-order valence-electron chi connectivity index (χ1n) is 10.1. The number of benzene rings is 2. The Morgan fingerprint density at radius 1 is 1.12 bits per heavy atom. The number of carbonyl (C=O) groups is 3. The van der Waals surface area contributed by atoms with Crippen molar-refractivity contribution >= 4 is 34.9 Å². The molecule has 2 heterocycles. The number of ketones is 1. The highest BCUT2D eigenvalue weighted by molar-refractivity contribution is 6.30. The summed E-state index contributed by atoms with van der Waals surface area (Å²) in [4.78, 5) is 42.9. The van der Waals surface area contributed by atoms with Crippen LogP contribution in [0.1, 0.15) is 15.9 Å². The van der Waals surface area contributed by atoms with Crippen molar-refractivity contribution in [2.75, 3.05) is 24.7 Å². The number of nitrogens with zero attached hydrogens (tertiary/aromatic N) is 2. The summed E-state index contributed by atoms with van der Waals surface area (Å²) in [6.07, 6.45) is 3.27. The first-order chi connectivity index (χ1) is 16.0. The molecule has 0 fully saturated rings. The number of ether oxygens (including phenoxy) is 2. The van der Waals surface area contributed by atoms with Crippen LogP contribution in [0.25, 0.3) is 0 Å². The number of Topliss-reactive ketones (excluding diaryl/α,β-unsaturated/α-hetero) is 1. The van der Waals surface area contributed by atoms with Crippen molar-refractivity contribution in [3.63, 3.8) is 0 Å². The molecule has 2 aromatic carbocycles. The third-order valence-electron chi connectivity index (χ3n) is 4.93. The molecule has 0 bridgehead atoms. The van der Waals surface area contributed by atoms with Crippen LogP contribution < -0.4 is 19.7 Å². The van der Waals surface area contributed by atoms with E-state index in [9.17, 15) is 14.4 Å². The van der Waals surface area contributed by atoms with Gasteiger partial charge in [-0.3, -0.25) is 24.3 Å². The molecule has 0 unspecified atom stereocenters. The van der Waals surface area contributed by atoms with E-state index in [4.69, 9.17) is 21.1 Å². The van der Waals surface area contributed by atoms with Crippen LogP contribution in [0.5, 0.6) is 11.5 Å². The summed E-state index contributed by atoms with van der Waals surface area (Å²) in [6, 6.07) is 15.1. The Hall–Kier alpha value is -3.91. The van der Waals surface area contributed by atoms with Gasteiger partial charge in [-0.05, 0) is 54.1 Å². The van der Waals surface area contributed by atoms with E-state index in [0.29, 0.717) is 34.3 Å². The van der Waals surface area contributed by atoms with Crippen LogP contribution in [0.3, 0.4) is 0 Å². The Morgan fingerprint density at radius 3 is 2.73 bits per heavy atom. The van der Waals surface area contributed by atoms with Gasteiger partial charge in [0.1, 0.15) is 18.0 Å². The summed E-state index contributed by atoms with van der Waals surface area (Å²) >= 11 is 5.93. The van der Waals surface area contributed by atoms with Gasteiger partial charge < -0.3 is 14.8 Å². The van der Waals surface area contributed by atoms with E-state index in [1.165, 1.54) is 11.0 Å². The molecule has 1 N–H and O–H groups in total. The highest BCUT2D eigenvalue weighted by Crippen LogP contribution is 2.33. The molecule has 0 spiro atoms. The lowest BCUT2D eigenvalue weighted by Gasteiger charge is -2.29. The van der Waals surface area contributed by atoms with E-state index in [1.54, 1.807) is 60.9 Å². The number of hydrogen-bond donors (Lipinski definition) is 1. The van der Waals surface area contributed by atoms with Gasteiger partial charge >= 0.3 is 0 Å². The second-order valence-electron chi connectivity index (χ2n) is 7.25. The predicted molar refractivity (Wildman–Crippen MR) is 122 cm³/mol. The van der Waals surface area contributed by atoms with Gasteiger partial charge in [0.25, 0.3) is 5.91 Å². The average Bonchev–Trinajstić information content (AvgIpc) is 2.83. The van der Waals surface area contributed by atoms with Crippen LogP contribution >= 0.6 is 11.6 Å². The molecule has 33 heavy (non-hydrogen) atoms. The van der Waals surface area contributed by atoms with Crippen molar-refractivity contribution in [3.05, 3.63) is 83.1 Å². The van der Waals surface area contributed by atoms with Crippen molar-refractivity contribution in [1.29, 1.82) is 0 Å². The number of halogens is 1. The number of hydrogen-bond acceptors (Lipinski definition) is 6. The smallest absolute Gasteiger partial charge is 0.265 e. The van der Waals surface area contributed by atoms with E-state index in [0.717, 1.165) is 5.56 Å². The third kappa shape index (κ3) is 5.67. The molecule has 9 heteroatoms. The van der Waals surface area contributed by atoms with E-state index in [2.05, 4.69) is 10.3 Å². The number of anilines is 1. The Balaban J connectivity index is 1.44.